The van der Waals surface area contributed by atoms with E-state index in [0.29, 0.717) is 30.4 Å². The summed E-state index contributed by atoms with van der Waals surface area (Å²) in [6, 6.07) is 5.73. The molecule has 2 amide bonds. The van der Waals surface area contributed by atoms with Crippen LogP contribution in [0.5, 0.6) is 5.75 Å². The molecule has 0 spiro atoms. The molecule has 2 saturated heterocycles. The molecule has 0 aliphatic carbocycles. The van der Waals surface area contributed by atoms with E-state index in [9.17, 15) is 18.0 Å². The van der Waals surface area contributed by atoms with Crippen LogP contribution in [0.3, 0.4) is 0 Å². The zero-order valence-electron chi connectivity index (χ0n) is 24.8. The summed E-state index contributed by atoms with van der Waals surface area (Å²) in [5, 5.41) is 2.91. The number of amides is 2. The van der Waals surface area contributed by atoms with Crippen molar-refractivity contribution in [3.05, 3.63) is 53.3 Å². The fourth-order valence-corrected chi connectivity index (χ4v) is 5.64. The third-order valence-electron chi connectivity index (χ3n) is 7.30. The van der Waals surface area contributed by atoms with Gasteiger partial charge in [-0.15, -0.1) is 0 Å². The van der Waals surface area contributed by atoms with Gasteiger partial charge in [0.25, 0.3) is 0 Å². The molecule has 14 heteroatoms. The standard InChI is InChI=1S/C28H28ClF3N6O4.C2H6/c1-27(2)41-15-20(42-27)14-40-19-11-33-25(34-12-19)36-26(39)38-18-7-4-8-37(13-18)22-10-21(29)23(35-24(22)38)16-5-3-6-17(9-16)28(30,31)32;1-2/h3,5-6,9-12,18,20H,4,7-8,13-15H2,1-2H3,(H,33,34,36,39);1-2H3. The van der Waals surface area contributed by atoms with Gasteiger partial charge in [-0.2, -0.15) is 13.2 Å². The molecule has 3 aromatic rings. The highest BCUT2D eigenvalue weighted by molar-refractivity contribution is 6.33. The lowest BCUT2D eigenvalue weighted by molar-refractivity contribution is -0.141. The minimum absolute atomic E-state index is 0.0563. The van der Waals surface area contributed by atoms with Crippen molar-refractivity contribution in [3.63, 3.8) is 0 Å². The van der Waals surface area contributed by atoms with Gasteiger partial charge in [0.2, 0.25) is 5.95 Å². The summed E-state index contributed by atoms with van der Waals surface area (Å²) < 4.78 is 57.2. The van der Waals surface area contributed by atoms with Crippen LogP contribution in [-0.4, -0.2) is 65.2 Å². The van der Waals surface area contributed by atoms with E-state index in [1.54, 1.807) is 6.07 Å². The molecule has 44 heavy (non-hydrogen) atoms. The SMILES string of the molecule is CC.CC1(C)OCC(COc2cnc(NC(=O)N3c4nc(-c5cccc(C(F)(F)F)c5)c(Cl)cc4N4CCCC3C4)nc2)O1. The van der Waals surface area contributed by atoms with Crippen LogP contribution < -0.4 is 19.9 Å². The van der Waals surface area contributed by atoms with E-state index in [-0.39, 0.29) is 41.0 Å². The molecule has 2 bridgehead atoms. The maximum absolute atomic E-state index is 13.6. The molecule has 2 aromatic heterocycles. The van der Waals surface area contributed by atoms with E-state index >= 15 is 0 Å². The Balaban J connectivity index is 0.00000188. The van der Waals surface area contributed by atoms with Gasteiger partial charge >= 0.3 is 12.2 Å². The number of fused-ring (bicyclic) bond motifs is 4. The van der Waals surface area contributed by atoms with Gasteiger partial charge in [-0.3, -0.25) is 10.2 Å². The average Bonchev–Trinajstić information content (AvgIpc) is 3.36. The lowest BCUT2D eigenvalue weighted by atomic mass is 9.99. The Hall–Kier alpha value is -3.68. The summed E-state index contributed by atoms with van der Waals surface area (Å²) >= 11 is 6.56. The Kier molecular flexibility index (Phi) is 9.19. The topological polar surface area (TPSA) is 102 Å². The van der Waals surface area contributed by atoms with Gasteiger partial charge in [0.1, 0.15) is 12.7 Å². The molecule has 0 saturated carbocycles. The van der Waals surface area contributed by atoms with Gasteiger partial charge in [0, 0.05) is 18.7 Å². The molecule has 2 unspecified atom stereocenters. The van der Waals surface area contributed by atoms with Gasteiger partial charge in [-0.25, -0.2) is 19.7 Å². The number of hydrogen-bond acceptors (Lipinski definition) is 8. The van der Waals surface area contributed by atoms with Gasteiger partial charge in [0.15, 0.2) is 17.4 Å². The molecule has 1 N–H and O–H groups in total. The molecule has 5 heterocycles. The van der Waals surface area contributed by atoms with Crippen LogP contribution in [0.25, 0.3) is 11.3 Å². The van der Waals surface area contributed by atoms with E-state index in [4.69, 9.17) is 25.8 Å². The summed E-state index contributed by atoms with van der Waals surface area (Å²) in [4.78, 5) is 30.3. The first-order valence-electron chi connectivity index (χ1n) is 14.5. The molecule has 6 rings (SSSR count). The Labute approximate surface area is 258 Å². The number of benzene rings is 1. The van der Waals surface area contributed by atoms with Crippen molar-refractivity contribution in [2.45, 2.75) is 64.6 Å². The van der Waals surface area contributed by atoms with Crippen LogP contribution in [0.2, 0.25) is 5.02 Å². The number of nitrogens with one attached hydrogen (secondary N) is 1. The summed E-state index contributed by atoms with van der Waals surface area (Å²) in [5.74, 6) is 0.104. The van der Waals surface area contributed by atoms with Gasteiger partial charge < -0.3 is 19.1 Å². The minimum atomic E-state index is -4.53. The van der Waals surface area contributed by atoms with E-state index in [2.05, 4.69) is 25.2 Å². The van der Waals surface area contributed by atoms with Crippen molar-refractivity contribution in [1.29, 1.82) is 0 Å². The Bertz CT molecular complexity index is 1490. The van der Waals surface area contributed by atoms with Crippen molar-refractivity contribution in [1.82, 2.24) is 15.0 Å². The van der Waals surface area contributed by atoms with Crippen LogP contribution in [-0.2, 0) is 15.7 Å². The maximum Gasteiger partial charge on any atom is 0.416 e. The van der Waals surface area contributed by atoms with Crippen molar-refractivity contribution in [3.8, 4) is 17.0 Å². The first kappa shape index (κ1) is 31.7. The molecule has 236 valence electrons. The predicted octanol–water partition coefficient (Wildman–Crippen LogP) is 6.79. The van der Waals surface area contributed by atoms with Gasteiger partial charge in [-0.1, -0.05) is 37.6 Å². The molecule has 1 aromatic carbocycles. The number of nitrogens with zero attached hydrogens (tertiary/aromatic N) is 5. The Morgan fingerprint density at radius 1 is 1.20 bits per heavy atom. The van der Waals surface area contributed by atoms with Crippen LogP contribution >= 0.6 is 11.6 Å². The minimum Gasteiger partial charge on any atom is -0.488 e. The number of urea groups is 1. The monoisotopic (exact) mass is 634 g/mol. The number of carbonyl (C=O) groups is 1. The normalized spacial score (nSPS) is 20.4. The van der Waals surface area contributed by atoms with Crippen molar-refractivity contribution < 1.29 is 32.2 Å². The lowest BCUT2D eigenvalue weighted by Gasteiger charge is -2.45. The number of ether oxygens (including phenoxy) is 3. The molecule has 3 aliphatic heterocycles. The molecular formula is C30H34ClF3N6O4. The number of hydrogen-bond donors (Lipinski definition) is 1. The highest BCUT2D eigenvalue weighted by Crippen LogP contribution is 2.43. The van der Waals surface area contributed by atoms with Gasteiger partial charge in [-0.05, 0) is 44.9 Å². The number of aromatic nitrogens is 3. The molecule has 3 aliphatic rings. The molecule has 2 fully saturated rings. The molecule has 2 atom stereocenters. The number of pyridine rings is 1. The number of anilines is 3. The second kappa shape index (κ2) is 12.7. The lowest BCUT2D eigenvalue weighted by Crippen LogP contribution is -2.56. The zero-order chi connectivity index (χ0) is 31.6. The summed E-state index contributed by atoms with van der Waals surface area (Å²) in [7, 11) is 0. The average molecular weight is 635 g/mol. The summed E-state index contributed by atoms with van der Waals surface area (Å²) in [6.07, 6.45) is -0.294. The van der Waals surface area contributed by atoms with Crippen molar-refractivity contribution in [2.75, 3.05) is 41.4 Å². The van der Waals surface area contributed by atoms with E-state index in [0.717, 1.165) is 31.5 Å². The fourth-order valence-electron chi connectivity index (χ4n) is 5.39. The number of alkyl halides is 3. The first-order valence-corrected chi connectivity index (χ1v) is 14.8. The van der Waals surface area contributed by atoms with Gasteiger partial charge in [0.05, 0.1) is 47.0 Å². The maximum atomic E-state index is 13.6. The van der Waals surface area contributed by atoms with Crippen molar-refractivity contribution in [2.24, 2.45) is 0 Å². The Morgan fingerprint density at radius 3 is 2.64 bits per heavy atom. The third-order valence-corrected chi connectivity index (χ3v) is 7.59. The molecule has 0 radical (unpaired) electrons. The highest BCUT2D eigenvalue weighted by Gasteiger charge is 2.39. The van der Waals surface area contributed by atoms with Crippen LogP contribution in [0.15, 0.2) is 42.7 Å². The number of halogens is 4. The number of piperidine rings is 1. The largest absolute Gasteiger partial charge is 0.488 e. The zero-order valence-corrected chi connectivity index (χ0v) is 25.6. The van der Waals surface area contributed by atoms with E-state index < -0.39 is 23.6 Å². The fraction of sp³-hybridized carbons (Fsp3) is 0.467. The number of carbonyl (C=O) groups excluding carboxylic acids is 1. The molecular weight excluding hydrogens is 601 g/mol. The molecule has 10 nitrogen and oxygen atoms in total. The van der Waals surface area contributed by atoms with E-state index in [1.807, 2.05) is 27.7 Å². The van der Waals surface area contributed by atoms with E-state index in [1.165, 1.54) is 29.4 Å². The van der Waals surface area contributed by atoms with Crippen LogP contribution in [0, 0.1) is 0 Å². The van der Waals surface area contributed by atoms with Crippen LogP contribution in [0.1, 0.15) is 46.1 Å². The second-order valence-corrected chi connectivity index (χ2v) is 11.2. The highest BCUT2D eigenvalue weighted by atomic mass is 35.5. The second-order valence-electron chi connectivity index (χ2n) is 10.8. The van der Waals surface area contributed by atoms with Crippen LogP contribution in [0.4, 0.5) is 35.4 Å². The third kappa shape index (κ3) is 6.84. The van der Waals surface area contributed by atoms with Crippen molar-refractivity contribution >= 4 is 35.1 Å². The first-order chi connectivity index (χ1) is 21.0. The Morgan fingerprint density at radius 2 is 1.95 bits per heavy atom. The predicted molar refractivity (Wildman–Crippen MR) is 160 cm³/mol. The quantitative estimate of drug-likeness (QED) is 0.327. The number of rotatable bonds is 5. The summed E-state index contributed by atoms with van der Waals surface area (Å²) in [5.41, 5.74) is 0.162. The summed E-state index contributed by atoms with van der Waals surface area (Å²) in [6.45, 7) is 9.64. The smallest absolute Gasteiger partial charge is 0.416 e.